The van der Waals surface area contributed by atoms with Crippen LogP contribution in [0.25, 0.3) is 0 Å². The predicted molar refractivity (Wildman–Crippen MR) is 82.1 cm³/mol. The summed E-state index contributed by atoms with van der Waals surface area (Å²) in [5.41, 5.74) is 2.85. The monoisotopic (exact) mass is 260 g/mol. The molecule has 106 valence electrons. The first-order valence-corrected chi connectivity index (χ1v) is 7.75. The molecule has 1 fully saturated rings. The maximum Gasteiger partial charge on any atom is 0.0233 e. The Morgan fingerprint density at radius 3 is 2.32 bits per heavy atom. The highest BCUT2D eigenvalue weighted by Gasteiger charge is 2.11. The van der Waals surface area contributed by atoms with Crippen molar-refractivity contribution in [2.24, 2.45) is 5.92 Å². The van der Waals surface area contributed by atoms with Gasteiger partial charge in [0.25, 0.3) is 0 Å². The van der Waals surface area contributed by atoms with Crippen LogP contribution in [0.2, 0.25) is 0 Å². The van der Waals surface area contributed by atoms with Gasteiger partial charge in [-0.3, -0.25) is 4.90 Å². The highest BCUT2D eigenvalue weighted by atomic mass is 15.1. The highest BCUT2D eigenvalue weighted by Crippen LogP contribution is 2.13. The van der Waals surface area contributed by atoms with Gasteiger partial charge in [-0.1, -0.05) is 38.1 Å². The SMILES string of the molecule is CC(C)CCNCc1ccc(CN2CCCC2)cc1. The molecule has 1 aromatic rings. The minimum Gasteiger partial charge on any atom is -0.313 e. The Balaban J connectivity index is 1.71. The molecule has 1 aromatic carbocycles. The van der Waals surface area contributed by atoms with Crippen LogP contribution in [0, 0.1) is 5.92 Å². The Kier molecular flexibility index (Phi) is 5.87. The van der Waals surface area contributed by atoms with Crippen molar-refractivity contribution in [1.82, 2.24) is 10.2 Å². The molecular formula is C17H28N2. The second kappa shape index (κ2) is 7.66. The Morgan fingerprint density at radius 2 is 1.68 bits per heavy atom. The molecule has 1 N–H and O–H groups in total. The lowest BCUT2D eigenvalue weighted by Crippen LogP contribution is -2.18. The Morgan fingerprint density at radius 1 is 1.05 bits per heavy atom. The maximum atomic E-state index is 3.52. The van der Waals surface area contributed by atoms with Crippen molar-refractivity contribution < 1.29 is 0 Å². The molecule has 1 saturated heterocycles. The number of nitrogens with zero attached hydrogens (tertiary/aromatic N) is 1. The third-order valence-corrected chi connectivity index (χ3v) is 3.86. The molecule has 2 rings (SSSR count). The van der Waals surface area contributed by atoms with Gasteiger partial charge in [-0.15, -0.1) is 0 Å². The molecule has 0 amide bonds. The summed E-state index contributed by atoms with van der Waals surface area (Å²) < 4.78 is 0. The first-order valence-electron chi connectivity index (χ1n) is 7.75. The third kappa shape index (κ3) is 5.33. The fourth-order valence-electron chi connectivity index (χ4n) is 2.58. The highest BCUT2D eigenvalue weighted by molar-refractivity contribution is 5.22. The van der Waals surface area contributed by atoms with Gasteiger partial charge in [0, 0.05) is 13.1 Å². The van der Waals surface area contributed by atoms with Gasteiger partial charge in [0.2, 0.25) is 0 Å². The van der Waals surface area contributed by atoms with Gasteiger partial charge in [-0.2, -0.15) is 0 Å². The fourth-order valence-corrected chi connectivity index (χ4v) is 2.58. The zero-order valence-electron chi connectivity index (χ0n) is 12.5. The largest absolute Gasteiger partial charge is 0.313 e. The van der Waals surface area contributed by atoms with Crippen LogP contribution in [-0.2, 0) is 13.1 Å². The molecule has 19 heavy (non-hydrogen) atoms. The van der Waals surface area contributed by atoms with E-state index in [-0.39, 0.29) is 0 Å². The van der Waals surface area contributed by atoms with Crippen molar-refractivity contribution in [2.75, 3.05) is 19.6 Å². The summed E-state index contributed by atoms with van der Waals surface area (Å²) >= 11 is 0. The van der Waals surface area contributed by atoms with E-state index in [1.165, 1.54) is 43.5 Å². The average Bonchev–Trinajstić information content (AvgIpc) is 2.89. The molecule has 2 heteroatoms. The van der Waals surface area contributed by atoms with Crippen LogP contribution in [0.3, 0.4) is 0 Å². The second-order valence-electron chi connectivity index (χ2n) is 6.16. The topological polar surface area (TPSA) is 15.3 Å². The van der Waals surface area contributed by atoms with Gasteiger partial charge in [-0.05, 0) is 55.9 Å². The van der Waals surface area contributed by atoms with Crippen LogP contribution < -0.4 is 5.32 Å². The summed E-state index contributed by atoms with van der Waals surface area (Å²) in [5, 5.41) is 3.52. The predicted octanol–water partition coefficient (Wildman–Crippen LogP) is 3.42. The van der Waals surface area contributed by atoms with Crippen LogP contribution in [-0.4, -0.2) is 24.5 Å². The zero-order valence-corrected chi connectivity index (χ0v) is 12.5. The van der Waals surface area contributed by atoms with Gasteiger partial charge in [-0.25, -0.2) is 0 Å². The van der Waals surface area contributed by atoms with Gasteiger partial charge < -0.3 is 5.32 Å². The Bertz CT molecular complexity index is 350. The lowest BCUT2D eigenvalue weighted by Gasteiger charge is -2.14. The summed E-state index contributed by atoms with van der Waals surface area (Å²) in [4.78, 5) is 2.55. The van der Waals surface area contributed by atoms with Crippen LogP contribution in [0.5, 0.6) is 0 Å². The summed E-state index contributed by atoms with van der Waals surface area (Å²) in [6.45, 7) is 10.3. The number of nitrogens with one attached hydrogen (secondary N) is 1. The lowest BCUT2D eigenvalue weighted by molar-refractivity contribution is 0.331. The van der Waals surface area contributed by atoms with Crippen molar-refractivity contribution in [3.8, 4) is 0 Å². The summed E-state index contributed by atoms with van der Waals surface area (Å²) in [7, 11) is 0. The number of hydrogen-bond donors (Lipinski definition) is 1. The molecule has 1 aliphatic rings. The first kappa shape index (κ1) is 14.5. The van der Waals surface area contributed by atoms with E-state index in [0.29, 0.717) is 0 Å². The van der Waals surface area contributed by atoms with E-state index in [9.17, 15) is 0 Å². The summed E-state index contributed by atoms with van der Waals surface area (Å²) in [5.74, 6) is 0.787. The molecule has 1 aliphatic heterocycles. The molecular weight excluding hydrogens is 232 g/mol. The second-order valence-corrected chi connectivity index (χ2v) is 6.16. The quantitative estimate of drug-likeness (QED) is 0.756. The zero-order chi connectivity index (χ0) is 13.5. The van der Waals surface area contributed by atoms with Gasteiger partial charge in [0.05, 0.1) is 0 Å². The minimum atomic E-state index is 0.787. The van der Waals surface area contributed by atoms with Crippen LogP contribution in [0.15, 0.2) is 24.3 Å². The maximum absolute atomic E-state index is 3.52. The molecule has 0 radical (unpaired) electrons. The molecule has 0 aromatic heterocycles. The number of rotatable bonds is 7. The van der Waals surface area contributed by atoms with Crippen molar-refractivity contribution in [1.29, 1.82) is 0 Å². The number of hydrogen-bond acceptors (Lipinski definition) is 2. The van der Waals surface area contributed by atoms with E-state index in [1.54, 1.807) is 0 Å². The van der Waals surface area contributed by atoms with E-state index < -0.39 is 0 Å². The van der Waals surface area contributed by atoms with Crippen LogP contribution >= 0.6 is 0 Å². The molecule has 0 bridgehead atoms. The van der Waals surface area contributed by atoms with E-state index in [4.69, 9.17) is 0 Å². The average molecular weight is 260 g/mol. The lowest BCUT2D eigenvalue weighted by atomic mass is 10.1. The van der Waals surface area contributed by atoms with E-state index in [1.807, 2.05) is 0 Å². The van der Waals surface area contributed by atoms with Crippen molar-refractivity contribution in [3.05, 3.63) is 35.4 Å². The number of benzene rings is 1. The van der Waals surface area contributed by atoms with E-state index >= 15 is 0 Å². The standard InChI is InChI=1S/C17H28N2/c1-15(2)9-10-18-13-16-5-7-17(8-6-16)14-19-11-3-4-12-19/h5-8,15,18H,3-4,9-14H2,1-2H3. The molecule has 1 heterocycles. The van der Waals surface area contributed by atoms with Gasteiger partial charge in [0.1, 0.15) is 0 Å². The number of likely N-dealkylation sites (tertiary alicyclic amines) is 1. The van der Waals surface area contributed by atoms with Crippen LogP contribution in [0.4, 0.5) is 0 Å². The van der Waals surface area contributed by atoms with Crippen molar-refractivity contribution in [3.63, 3.8) is 0 Å². The fraction of sp³-hybridized carbons (Fsp3) is 0.647. The Labute approximate surface area is 118 Å². The Hall–Kier alpha value is -0.860. The van der Waals surface area contributed by atoms with Crippen LogP contribution in [0.1, 0.15) is 44.2 Å². The molecule has 0 saturated carbocycles. The van der Waals surface area contributed by atoms with Crippen molar-refractivity contribution >= 4 is 0 Å². The van der Waals surface area contributed by atoms with Gasteiger partial charge in [0.15, 0.2) is 0 Å². The molecule has 0 aliphatic carbocycles. The first-order chi connectivity index (χ1) is 9.24. The molecule has 0 spiro atoms. The summed E-state index contributed by atoms with van der Waals surface area (Å²) in [6, 6.07) is 9.12. The summed E-state index contributed by atoms with van der Waals surface area (Å²) in [6.07, 6.45) is 4.00. The van der Waals surface area contributed by atoms with E-state index in [2.05, 4.69) is 48.3 Å². The van der Waals surface area contributed by atoms with Gasteiger partial charge >= 0.3 is 0 Å². The van der Waals surface area contributed by atoms with E-state index in [0.717, 1.165) is 25.6 Å². The van der Waals surface area contributed by atoms with Crippen molar-refractivity contribution in [2.45, 2.75) is 46.2 Å². The smallest absolute Gasteiger partial charge is 0.0233 e. The minimum absolute atomic E-state index is 0.787. The molecule has 2 nitrogen and oxygen atoms in total. The normalized spacial score (nSPS) is 16.4. The molecule has 0 atom stereocenters. The third-order valence-electron chi connectivity index (χ3n) is 3.86. The molecule has 0 unspecified atom stereocenters.